The van der Waals surface area contributed by atoms with Gasteiger partial charge in [-0.05, 0) is 13.8 Å². The topological polar surface area (TPSA) is 67.4 Å². The van der Waals surface area contributed by atoms with Gasteiger partial charge in [0.05, 0.1) is 18.4 Å². The third kappa shape index (κ3) is 4.25. The third-order valence-corrected chi connectivity index (χ3v) is 3.00. The number of nitrogens with one attached hydrogen (secondary N) is 1. The Hall–Kier alpha value is -1.53. The number of hydrogen-bond donors (Lipinski definition) is 1. The summed E-state index contributed by atoms with van der Waals surface area (Å²) in [6.45, 7) is 7.39. The van der Waals surface area contributed by atoms with Gasteiger partial charge in [-0.25, -0.2) is 4.98 Å². The van der Waals surface area contributed by atoms with E-state index >= 15 is 0 Å². The Morgan fingerprint density at radius 2 is 2.16 bits per heavy atom. The Morgan fingerprint density at radius 3 is 2.79 bits per heavy atom. The predicted molar refractivity (Wildman–Crippen MR) is 70.8 cm³/mol. The Labute approximate surface area is 113 Å². The van der Waals surface area contributed by atoms with Crippen LogP contribution in [0, 0.1) is 0 Å². The van der Waals surface area contributed by atoms with E-state index in [0.29, 0.717) is 12.2 Å². The molecule has 1 aromatic heterocycles. The zero-order chi connectivity index (χ0) is 13.7. The second-order valence-corrected chi connectivity index (χ2v) is 4.86. The van der Waals surface area contributed by atoms with Crippen molar-refractivity contribution in [2.45, 2.75) is 26.1 Å². The lowest BCUT2D eigenvalue weighted by molar-refractivity contribution is -0.0672. The Bertz CT molecular complexity index is 402. The summed E-state index contributed by atoms with van der Waals surface area (Å²) in [4.78, 5) is 21.9. The smallest absolute Gasteiger partial charge is 0.271 e. The van der Waals surface area contributed by atoms with Crippen LogP contribution in [-0.4, -0.2) is 59.2 Å². The number of aromatic nitrogens is 2. The van der Waals surface area contributed by atoms with Crippen molar-refractivity contribution in [3.63, 3.8) is 0 Å². The molecule has 6 nitrogen and oxygen atoms in total. The van der Waals surface area contributed by atoms with E-state index in [9.17, 15) is 4.79 Å². The number of morpholine rings is 1. The van der Waals surface area contributed by atoms with E-state index in [1.165, 1.54) is 12.4 Å². The fraction of sp³-hybridized carbons (Fsp3) is 0.615. The summed E-state index contributed by atoms with van der Waals surface area (Å²) in [5.41, 5.74) is 0.353. The van der Waals surface area contributed by atoms with Crippen LogP contribution < -0.4 is 5.32 Å². The molecule has 1 N–H and O–H groups in total. The van der Waals surface area contributed by atoms with Crippen molar-refractivity contribution >= 4 is 5.91 Å². The number of hydrogen-bond acceptors (Lipinski definition) is 5. The van der Waals surface area contributed by atoms with Gasteiger partial charge < -0.3 is 10.1 Å². The molecular weight excluding hydrogens is 244 g/mol. The fourth-order valence-corrected chi connectivity index (χ4v) is 2.30. The summed E-state index contributed by atoms with van der Waals surface area (Å²) in [5, 5.41) is 2.85. The number of rotatable bonds is 4. The van der Waals surface area contributed by atoms with Gasteiger partial charge in [-0.1, -0.05) is 0 Å². The monoisotopic (exact) mass is 264 g/mol. The highest BCUT2D eigenvalue weighted by atomic mass is 16.5. The minimum Gasteiger partial charge on any atom is -0.373 e. The summed E-state index contributed by atoms with van der Waals surface area (Å²) in [6.07, 6.45) is 5.03. The zero-order valence-electron chi connectivity index (χ0n) is 11.4. The number of nitrogens with zero attached hydrogens (tertiary/aromatic N) is 3. The molecular formula is C13H20N4O2. The molecule has 2 heterocycles. The summed E-state index contributed by atoms with van der Waals surface area (Å²) in [6, 6.07) is 0. The van der Waals surface area contributed by atoms with Crippen molar-refractivity contribution in [2.75, 3.05) is 26.2 Å². The predicted octanol–water partition coefficient (Wildman–Crippen LogP) is 0.316. The second-order valence-electron chi connectivity index (χ2n) is 4.86. The normalized spacial score (nSPS) is 24.1. The first kappa shape index (κ1) is 13.9. The van der Waals surface area contributed by atoms with E-state index < -0.39 is 0 Å². The van der Waals surface area contributed by atoms with E-state index in [4.69, 9.17) is 4.74 Å². The van der Waals surface area contributed by atoms with Crippen molar-refractivity contribution < 1.29 is 9.53 Å². The van der Waals surface area contributed by atoms with Gasteiger partial charge in [-0.15, -0.1) is 0 Å². The lowest BCUT2D eigenvalue weighted by atomic mass is 10.2. The first-order valence-electron chi connectivity index (χ1n) is 6.57. The molecule has 0 saturated carbocycles. The largest absolute Gasteiger partial charge is 0.373 e. The SMILES string of the molecule is CC1CN(CCNC(=O)c2cnccn2)CC(C)O1. The van der Waals surface area contributed by atoms with Crippen LogP contribution in [0.4, 0.5) is 0 Å². The van der Waals surface area contributed by atoms with Gasteiger partial charge in [0, 0.05) is 38.6 Å². The average molecular weight is 264 g/mol. The lowest BCUT2D eigenvalue weighted by Gasteiger charge is -2.35. The summed E-state index contributed by atoms with van der Waals surface area (Å²) in [5.74, 6) is -0.178. The Morgan fingerprint density at radius 1 is 1.42 bits per heavy atom. The molecule has 1 aliphatic rings. The van der Waals surface area contributed by atoms with Gasteiger partial charge in [0.1, 0.15) is 5.69 Å². The quantitative estimate of drug-likeness (QED) is 0.848. The standard InChI is InChI=1S/C13H20N4O2/c1-10-8-17(9-11(2)19-10)6-5-16-13(18)12-7-14-3-4-15-12/h3-4,7,10-11H,5-6,8-9H2,1-2H3,(H,16,18). The maximum Gasteiger partial charge on any atom is 0.271 e. The lowest BCUT2D eigenvalue weighted by Crippen LogP contribution is -2.47. The molecule has 19 heavy (non-hydrogen) atoms. The summed E-state index contributed by atoms with van der Waals surface area (Å²) in [7, 11) is 0. The van der Waals surface area contributed by atoms with Gasteiger partial charge >= 0.3 is 0 Å². The first-order valence-corrected chi connectivity index (χ1v) is 6.57. The van der Waals surface area contributed by atoms with Crippen LogP contribution in [0.5, 0.6) is 0 Å². The highest BCUT2D eigenvalue weighted by Gasteiger charge is 2.21. The molecule has 0 bridgehead atoms. The second kappa shape index (κ2) is 6.58. The molecule has 1 saturated heterocycles. The highest BCUT2D eigenvalue weighted by molar-refractivity contribution is 5.91. The molecule has 0 radical (unpaired) electrons. The average Bonchev–Trinajstić information content (AvgIpc) is 2.38. The van der Waals surface area contributed by atoms with Crippen molar-refractivity contribution in [3.8, 4) is 0 Å². The van der Waals surface area contributed by atoms with E-state index in [-0.39, 0.29) is 18.1 Å². The molecule has 2 unspecified atom stereocenters. The van der Waals surface area contributed by atoms with Crippen LogP contribution in [0.1, 0.15) is 24.3 Å². The fourth-order valence-electron chi connectivity index (χ4n) is 2.30. The van der Waals surface area contributed by atoms with Gasteiger partial charge in [0.25, 0.3) is 5.91 Å². The Kier molecular flexibility index (Phi) is 4.81. The number of carbonyl (C=O) groups excluding carboxylic acids is 1. The van der Waals surface area contributed by atoms with Crippen LogP contribution >= 0.6 is 0 Å². The molecule has 1 amide bonds. The van der Waals surface area contributed by atoms with E-state index in [2.05, 4.69) is 34.0 Å². The van der Waals surface area contributed by atoms with Gasteiger partial charge in [-0.2, -0.15) is 0 Å². The number of carbonyl (C=O) groups is 1. The summed E-state index contributed by atoms with van der Waals surface area (Å²) >= 11 is 0. The molecule has 1 aromatic rings. The first-order chi connectivity index (χ1) is 9.15. The van der Waals surface area contributed by atoms with Gasteiger partial charge in [0.15, 0.2) is 0 Å². The molecule has 6 heteroatoms. The minimum absolute atomic E-state index is 0.178. The van der Waals surface area contributed by atoms with Crippen LogP contribution in [-0.2, 0) is 4.74 Å². The molecule has 104 valence electrons. The van der Waals surface area contributed by atoms with Gasteiger partial charge in [0.2, 0.25) is 0 Å². The molecule has 2 rings (SSSR count). The third-order valence-electron chi connectivity index (χ3n) is 3.00. The van der Waals surface area contributed by atoms with Crippen LogP contribution in [0.15, 0.2) is 18.6 Å². The molecule has 2 atom stereocenters. The molecule has 0 spiro atoms. The summed E-state index contributed by atoms with van der Waals surface area (Å²) < 4.78 is 5.67. The van der Waals surface area contributed by atoms with Gasteiger partial charge in [-0.3, -0.25) is 14.7 Å². The molecule has 0 aliphatic carbocycles. The highest BCUT2D eigenvalue weighted by Crippen LogP contribution is 2.09. The van der Waals surface area contributed by atoms with Crippen molar-refractivity contribution in [1.29, 1.82) is 0 Å². The van der Waals surface area contributed by atoms with Crippen LogP contribution in [0.2, 0.25) is 0 Å². The van der Waals surface area contributed by atoms with Crippen molar-refractivity contribution in [2.24, 2.45) is 0 Å². The van der Waals surface area contributed by atoms with Crippen molar-refractivity contribution in [3.05, 3.63) is 24.3 Å². The minimum atomic E-state index is -0.178. The molecule has 1 aliphatic heterocycles. The molecule has 0 aromatic carbocycles. The van der Waals surface area contributed by atoms with Crippen LogP contribution in [0.3, 0.4) is 0 Å². The molecule has 1 fully saturated rings. The number of ether oxygens (including phenoxy) is 1. The van der Waals surface area contributed by atoms with E-state index in [0.717, 1.165) is 19.6 Å². The van der Waals surface area contributed by atoms with Crippen molar-refractivity contribution in [1.82, 2.24) is 20.2 Å². The maximum atomic E-state index is 11.8. The Balaban J connectivity index is 1.73. The maximum absolute atomic E-state index is 11.8. The van der Waals surface area contributed by atoms with E-state index in [1.807, 2.05) is 0 Å². The number of amides is 1. The zero-order valence-corrected chi connectivity index (χ0v) is 11.4. The van der Waals surface area contributed by atoms with Crippen LogP contribution in [0.25, 0.3) is 0 Å². The van der Waals surface area contributed by atoms with E-state index in [1.54, 1.807) is 6.20 Å².